The summed E-state index contributed by atoms with van der Waals surface area (Å²) in [5.74, 6) is -0.943. The molecule has 2 aromatic carbocycles. The molecule has 0 saturated carbocycles. The number of hydrogen-bond donors (Lipinski definition) is 2. The number of anilines is 2. The molecule has 0 aliphatic rings. The van der Waals surface area contributed by atoms with Crippen LogP contribution in [0.2, 0.25) is 0 Å². The lowest BCUT2D eigenvalue weighted by Crippen LogP contribution is -2.31. The highest BCUT2D eigenvalue weighted by Crippen LogP contribution is 2.15. The lowest BCUT2D eigenvalue weighted by molar-refractivity contribution is -0.143. The van der Waals surface area contributed by atoms with Crippen LogP contribution in [0.4, 0.5) is 11.4 Å². The van der Waals surface area contributed by atoms with E-state index in [1.54, 1.807) is 29.0 Å². The summed E-state index contributed by atoms with van der Waals surface area (Å²) in [5, 5.41) is 15.3. The van der Waals surface area contributed by atoms with Gasteiger partial charge in [0.05, 0.1) is 23.7 Å². The number of rotatable bonds is 14. The van der Waals surface area contributed by atoms with E-state index in [2.05, 4.69) is 23.3 Å². The van der Waals surface area contributed by atoms with Gasteiger partial charge in [0.2, 0.25) is 5.91 Å². The highest BCUT2D eigenvalue weighted by molar-refractivity contribution is 7.07. The first-order valence-electron chi connectivity index (χ1n) is 13.3. The van der Waals surface area contributed by atoms with Crippen molar-refractivity contribution in [3.63, 3.8) is 0 Å². The van der Waals surface area contributed by atoms with Gasteiger partial charge in [0.15, 0.2) is 0 Å². The molecule has 0 bridgehead atoms. The Kier molecular flexibility index (Phi) is 12.1. The summed E-state index contributed by atoms with van der Waals surface area (Å²) in [7, 11) is 1.90. The van der Waals surface area contributed by atoms with Crippen LogP contribution in [-0.4, -0.2) is 41.5 Å². The molecule has 3 rings (SSSR count). The Balaban J connectivity index is 1.71. The molecule has 41 heavy (non-hydrogen) atoms. The molecule has 1 unspecified atom stereocenters. The molecule has 1 heterocycles. The summed E-state index contributed by atoms with van der Waals surface area (Å²) in [6, 6.07) is 19.3. The second-order valence-electron chi connectivity index (χ2n) is 9.39. The maximum atomic E-state index is 13.0. The van der Waals surface area contributed by atoms with Gasteiger partial charge in [-0.1, -0.05) is 49.1 Å². The first-order chi connectivity index (χ1) is 19.8. The van der Waals surface area contributed by atoms with Crippen LogP contribution in [0, 0.1) is 17.2 Å². The molecular formula is C31H35N5O4S. The van der Waals surface area contributed by atoms with E-state index in [1.807, 2.05) is 61.3 Å². The highest BCUT2D eigenvalue weighted by Gasteiger charge is 2.14. The SMILES string of the molecule is C=CCOC(=O)CC(C=c1s/c(=C/Nc2cccc(NC(=O)CN(C)Cc3ccccc3)c2)c(=O)n1CC)CC#N. The van der Waals surface area contributed by atoms with Crippen LogP contribution in [0.25, 0.3) is 12.3 Å². The minimum Gasteiger partial charge on any atom is -0.461 e. The molecule has 0 aliphatic carbocycles. The van der Waals surface area contributed by atoms with Crippen molar-refractivity contribution in [3.05, 3.63) is 92.4 Å². The van der Waals surface area contributed by atoms with Crippen molar-refractivity contribution in [2.24, 2.45) is 5.92 Å². The van der Waals surface area contributed by atoms with Crippen LogP contribution in [-0.2, 0) is 27.4 Å². The fourth-order valence-corrected chi connectivity index (χ4v) is 5.25. The average Bonchev–Trinajstić information content (AvgIpc) is 3.24. The van der Waals surface area contributed by atoms with Crippen LogP contribution < -0.4 is 25.4 Å². The van der Waals surface area contributed by atoms with Crippen LogP contribution in [0.3, 0.4) is 0 Å². The second kappa shape index (κ2) is 16.0. The van der Waals surface area contributed by atoms with Crippen LogP contribution in [0.5, 0.6) is 0 Å². The standard InChI is InChI=1S/C31H35N5O4S/c1-4-16-40-30(38)18-24(14-15-32)17-29-36(5-2)31(39)27(41-29)20-33-25-12-9-13-26(19-25)34-28(37)22-35(3)21-23-10-7-6-8-11-23/h4,6-13,17,19-20,24,33H,1,5,14,16,18,21-22H2,2-3H3,(H,34,37)/b27-20+,29-17?. The molecule has 10 heteroatoms. The van der Waals surface area contributed by atoms with Gasteiger partial charge in [-0.2, -0.15) is 5.26 Å². The van der Waals surface area contributed by atoms with Gasteiger partial charge in [-0.05, 0) is 43.8 Å². The maximum Gasteiger partial charge on any atom is 0.306 e. The molecule has 9 nitrogen and oxygen atoms in total. The molecule has 3 aromatic rings. The number of carbonyl (C=O) groups excluding carboxylic acids is 2. The first kappa shape index (κ1) is 31.1. The number of aromatic nitrogens is 1. The largest absolute Gasteiger partial charge is 0.461 e. The van der Waals surface area contributed by atoms with Crippen molar-refractivity contribution in [3.8, 4) is 6.07 Å². The van der Waals surface area contributed by atoms with Crippen molar-refractivity contribution in [1.82, 2.24) is 9.47 Å². The summed E-state index contributed by atoms with van der Waals surface area (Å²) in [4.78, 5) is 39.7. The van der Waals surface area contributed by atoms with Crippen LogP contribution >= 0.6 is 11.3 Å². The summed E-state index contributed by atoms with van der Waals surface area (Å²) in [6.45, 7) is 6.84. The van der Waals surface area contributed by atoms with E-state index in [1.165, 1.54) is 17.4 Å². The number of likely N-dealkylation sites (N-methyl/N-ethyl adjacent to an activating group) is 1. The van der Waals surface area contributed by atoms with Crippen LogP contribution in [0.1, 0.15) is 25.3 Å². The highest BCUT2D eigenvalue weighted by atomic mass is 32.1. The van der Waals surface area contributed by atoms with Gasteiger partial charge >= 0.3 is 5.97 Å². The van der Waals surface area contributed by atoms with E-state index in [-0.39, 0.29) is 43.4 Å². The fraction of sp³-hybridized carbons (Fsp3) is 0.290. The van der Waals surface area contributed by atoms with E-state index >= 15 is 0 Å². The predicted octanol–water partition coefficient (Wildman–Crippen LogP) is 3.28. The number of hydrogen-bond acceptors (Lipinski definition) is 8. The maximum absolute atomic E-state index is 13.0. The third-order valence-electron chi connectivity index (χ3n) is 6.00. The average molecular weight is 574 g/mol. The topological polar surface area (TPSA) is 116 Å². The lowest BCUT2D eigenvalue weighted by atomic mass is 10.0. The first-order valence-corrected chi connectivity index (χ1v) is 14.1. The number of amides is 1. The predicted molar refractivity (Wildman–Crippen MR) is 163 cm³/mol. The molecule has 0 radical (unpaired) electrons. The fourth-order valence-electron chi connectivity index (χ4n) is 4.13. The monoisotopic (exact) mass is 573 g/mol. The summed E-state index contributed by atoms with van der Waals surface area (Å²) >= 11 is 1.28. The number of nitriles is 1. The smallest absolute Gasteiger partial charge is 0.306 e. The molecule has 0 aliphatic heterocycles. The normalized spacial score (nSPS) is 12.5. The Morgan fingerprint density at radius 1 is 1.20 bits per heavy atom. The van der Waals surface area contributed by atoms with Crippen molar-refractivity contribution in [1.29, 1.82) is 5.26 Å². The van der Waals surface area contributed by atoms with E-state index in [0.29, 0.717) is 33.7 Å². The molecule has 0 fully saturated rings. The Hall–Kier alpha value is -4.46. The van der Waals surface area contributed by atoms with E-state index in [4.69, 9.17) is 4.74 Å². The number of ether oxygens (including phenoxy) is 1. The summed E-state index contributed by atoms with van der Waals surface area (Å²) in [5.41, 5.74) is 2.30. The molecule has 214 valence electrons. The van der Waals surface area contributed by atoms with Gasteiger partial charge < -0.3 is 15.4 Å². The van der Waals surface area contributed by atoms with E-state index < -0.39 is 5.97 Å². The van der Waals surface area contributed by atoms with Crippen molar-refractivity contribution in [2.45, 2.75) is 32.9 Å². The van der Waals surface area contributed by atoms with Gasteiger partial charge in [-0.3, -0.25) is 23.9 Å². The third kappa shape index (κ3) is 9.90. The molecule has 1 atom stereocenters. The zero-order chi connectivity index (χ0) is 29.6. The van der Waals surface area contributed by atoms with Gasteiger partial charge in [0.25, 0.3) is 5.56 Å². The quantitative estimate of drug-likeness (QED) is 0.225. The second-order valence-corrected chi connectivity index (χ2v) is 10.5. The number of benzene rings is 2. The molecule has 0 spiro atoms. The zero-order valence-corrected chi connectivity index (χ0v) is 24.2. The lowest BCUT2D eigenvalue weighted by Gasteiger charge is -2.16. The van der Waals surface area contributed by atoms with Gasteiger partial charge in [-0.15, -0.1) is 11.3 Å². The van der Waals surface area contributed by atoms with Crippen molar-refractivity contribution in [2.75, 3.05) is 30.8 Å². The Morgan fingerprint density at radius 3 is 2.66 bits per heavy atom. The number of carbonyl (C=O) groups is 2. The Morgan fingerprint density at radius 2 is 1.95 bits per heavy atom. The third-order valence-corrected chi connectivity index (χ3v) is 7.08. The summed E-state index contributed by atoms with van der Waals surface area (Å²) in [6.07, 6.45) is 5.06. The Bertz CT molecular complexity index is 1560. The van der Waals surface area contributed by atoms with E-state index in [0.717, 1.165) is 5.56 Å². The van der Waals surface area contributed by atoms with Gasteiger partial charge in [0, 0.05) is 43.0 Å². The van der Waals surface area contributed by atoms with Crippen LogP contribution in [0.15, 0.2) is 72.0 Å². The number of nitrogens with one attached hydrogen (secondary N) is 2. The van der Waals surface area contributed by atoms with Gasteiger partial charge in [-0.25, -0.2) is 0 Å². The number of thiazole rings is 1. The molecule has 0 saturated heterocycles. The van der Waals surface area contributed by atoms with Gasteiger partial charge in [0.1, 0.15) is 11.1 Å². The molecule has 1 amide bonds. The molecule has 1 aromatic heterocycles. The minimum absolute atomic E-state index is 0.0368. The van der Waals surface area contributed by atoms with E-state index in [9.17, 15) is 19.6 Å². The Labute approximate surface area is 243 Å². The minimum atomic E-state index is -0.424. The molecule has 2 N–H and O–H groups in total. The molecular weight excluding hydrogens is 538 g/mol. The van der Waals surface area contributed by atoms with Crippen molar-refractivity contribution < 1.29 is 14.3 Å². The van der Waals surface area contributed by atoms with Crippen molar-refractivity contribution >= 4 is 46.9 Å². The summed E-state index contributed by atoms with van der Waals surface area (Å²) < 4.78 is 7.81. The number of nitrogens with zero attached hydrogens (tertiary/aromatic N) is 3. The number of esters is 1. The zero-order valence-electron chi connectivity index (χ0n) is 23.3.